The van der Waals surface area contributed by atoms with E-state index in [4.69, 9.17) is 0 Å². The summed E-state index contributed by atoms with van der Waals surface area (Å²) in [5.41, 5.74) is 0.916. The van der Waals surface area contributed by atoms with E-state index in [1.807, 2.05) is 30.3 Å². The van der Waals surface area contributed by atoms with Gasteiger partial charge in [-0.05, 0) is 5.56 Å². The standard InChI is InChI=1S/C15H20N2O4S/c1-2-15(19)16-13-9-22(20,21)10-14(13)17(11-18)8-12-6-4-3-5-7-12/h3-7,11,13-14H,2,8-10H2,1H3,(H,16,19)/t13-,14-/m1/s1. The van der Waals surface area contributed by atoms with Crippen LogP contribution in [0.1, 0.15) is 18.9 Å². The lowest BCUT2D eigenvalue weighted by molar-refractivity contribution is -0.124. The number of nitrogens with zero attached hydrogens (tertiary/aromatic N) is 1. The van der Waals surface area contributed by atoms with Gasteiger partial charge in [0.05, 0.1) is 23.6 Å². The van der Waals surface area contributed by atoms with Gasteiger partial charge in [0.15, 0.2) is 9.84 Å². The molecule has 0 bridgehead atoms. The zero-order valence-corrected chi connectivity index (χ0v) is 13.3. The molecule has 22 heavy (non-hydrogen) atoms. The first kappa shape index (κ1) is 16.5. The van der Waals surface area contributed by atoms with Crippen LogP contribution in [0.15, 0.2) is 30.3 Å². The molecule has 2 amide bonds. The van der Waals surface area contributed by atoms with Crippen molar-refractivity contribution in [3.8, 4) is 0 Å². The molecule has 0 unspecified atom stereocenters. The summed E-state index contributed by atoms with van der Waals surface area (Å²) in [6, 6.07) is 8.27. The molecule has 1 aromatic rings. The molecule has 1 N–H and O–H groups in total. The number of nitrogens with one attached hydrogen (secondary N) is 1. The van der Waals surface area contributed by atoms with Gasteiger partial charge in [0.25, 0.3) is 0 Å². The van der Waals surface area contributed by atoms with E-state index in [0.717, 1.165) is 5.56 Å². The zero-order chi connectivity index (χ0) is 16.2. The second kappa shape index (κ2) is 6.91. The van der Waals surface area contributed by atoms with Crippen LogP contribution in [0.5, 0.6) is 0 Å². The van der Waals surface area contributed by atoms with Crippen LogP contribution in [-0.2, 0) is 26.0 Å². The molecule has 0 spiro atoms. The van der Waals surface area contributed by atoms with E-state index < -0.39 is 21.9 Å². The van der Waals surface area contributed by atoms with Crippen molar-refractivity contribution in [1.29, 1.82) is 0 Å². The number of carbonyl (C=O) groups excluding carboxylic acids is 2. The van der Waals surface area contributed by atoms with Gasteiger partial charge >= 0.3 is 0 Å². The van der Waals surface area contributed by atoms with Gasteiger partial charge in [-0.2, -0.15) is 0 Å². The Morgan fingerprint density at radius 3 is 2.59 bits per heavy atom. The molecule has 2 atom stereocenters. The summed E-state index contributed by atoms with van der Waals surface area (Å²) in [6.07, 6.45) is 0.937. The fourth-order valence-corrected chi connectivity index (χ4v) is 4.56. The van der Waals surface area contributed by atoms with Crippen LogP contribution in [-0.4, -0.2) is 49.2 Å². The Morgan fingerprint density at radius 1 is 1.32 bits per heavy atom. The molecule has 1 aromatic carbocycles. The van der Waals surface area contributed by atoms with Crippen LogP contribution in [0.4, 0.5) is 0 Å². The molecule has 1 fully saturated rings. The van der Waals surface area contributed by atoms with E-state index in [-0.39, 0.29) is 23.8 Å². The van der Waals surface area contributed by atoms with Gasteiger partial charge < -0.3 is 10.2 Å². The van der Waals surface area contributed by atoms with Gasteiger partial charge in [-0.15, -0.1) is 0 Å². The SMILES string of the molecule is CCC(=O)N[C@@H]1CS(=O)(=O)C[C@H]1N(C=O)Cc1ccccc1. The molecule has 7 heteroatoms. The lowest BCUT2D eigenvalue weighted by Crippen LogP contribution is -2.50. The fourth-order valence-electron chi connectivity index (χ4n) is 2.63. The third kappa shape index (κ3) is 4.07. The maximum Gasteiger partial charge on any atom is 0.220 e. The van der Waals surface area contributed by atoms with Crippen molar-refractivity contribution in [2.45, 2.75) is 32.0 Å². The number of rotatable bonds is 6. The first-order valence-electron chi connectivity index (χ1n) is 7.20. The number of sulfone groups is 1. The van der Waals surface area contributed by atoms with Crippen LogP contribution in [0.3, 0.4) is 0 Å². The third-order valence-electron chi connectivity index (χ3n) is 3.76. The van der Waals surface area contributed by atoms with Gasteiger partial charge in [-0.25, -0.2) is 8.42 Å². The summed E-state index contributed by atoms with van der Waals surface area (Å²) < 4.78 is 23.8. The molecule has 2 rings (SSSR count). The molecular formula is C15H20N2O4S. The van der Waals surface area contributed by atoms with Gasteiger partial charge in [0, 0.05) is 13.0 Å². The number of benzene rings is 1. The van der Waals surface area contributed by atoms with Crippen molar-refractivity contribution in [3.63, 3.8) is 0 Å². The number of carbonyl (C=O) groups is 2. The van der Waals surface area contributed by atoms with E-state index in [9.17, 15) is 18.0 Å². The van der Waals surface area contributed by atoms with Crippen LogP contribution < -0.4 is 5.32 Å². The largest absolute Gasteiger partial charge is 0.350 e. The van der Waals surface area contributed by atoms with Gasteiger partial charge in [0.1, 0.15) is 0 Å². The highest BCUT2D eigenvalue weighted by atomic mass is 32.2. The van der Waals surface area contributed by atoms with Crippen LogP contribution in [0.25, 0.3) is 0 Å². The van der Waals surface area contributed by atoms with E-state index in [2.05, 4.69) is 5.32 Å². The summed E-state index contributed by atoms with van der Waals surface area (Å²) >= 11 is 0. The van der Waals surface area contributed by atoms with Crippen molar-refractivity contribution >= 4 is 22.2 Å². The predicted molar refractivity (Wildman–Crippen MR) is 82.7 cm³/mol. The second-order valence-electron chi connectivity index (χ2n) is 5.44. The minimum absolute atomic E-state index is 0.118. The molecular weight excluding hydrogens is 304 g/mol. The van der Waals surface area contributed by atoms with E-state index in [0.29, 0.717) is 13.0 Å². The first-order valence-corrected chi connectivity index (χ1v) is 9.02. The lowest BCUT2D eigenvalue weighted by Gasteiger charge is -2.29. The Labute approximate surface area is 130 Å². The van der Waals surface area contributed by atoms with Gasteiger partial charge in [0.2, 0.25) is 12.3 Å². The Kier molecular flexibility index (Phi) is 5.18. The maximum atomic E-state index is 11.9. The average Bonchev–Trinajstić information content (AvgIpc) is 2.80. The Bertz CT molecular complexity index is 630. The number of hydrogen-bond acceptors (Lipinski definition) is 4. The van der Waals surface area contributed by atoms with Crippen molar-refractivity contribution < 1.29 is 18.0 Å². The summed E-state index contributed by atoms with van der Waals surface area (Å²) in [6.45, 7) is 2.03. The molecule has 0 saturated carbocycles. The topological polar surface area (TPSA) is 83.6 Å². The minimum Gasteiger partial charge on any atom is -0.350 e. The molecule has 1 saturated heterocycles. The summed E-state index contributed by atoms with van der Waals surface area (Å²) in [7, 11) is -3.26. The van der Waals surface area contributed by atoms with Crippen molar-refractivity contribution in [2.24, 2.45) is 0 Å². The van der Waals surface area contributed by atoms with E-state index in [1.165, 1.54) is 4.90 Å². The molecule has 6 nitrogen and oxygen atoms in total. The molecule has 0 radical (unpaired) electrons. The van der Waals surface area contributed by atoms with E-state index in [1.54, 1.807) is 6.92 Å². The fraction of sp³-hybridized carbons (Fsp3) is 0.467. The normalized spacial score (nSPS) is 23.0. The van der Waals surface area contributed by atoms with E-state index >= 15 is 0 Å². The van der Waals surface area contributed by atoms with Crippen LogP contribution >= 0.6 is 0 Å². The van der Waals surface area contributed by atoms with Crippen LogP contribution in [0, 0.1) is 0 Å². The zero-order valence-electron chi connectivity index (χ0n) is 12.4. The molecule has 0 aliphatic carbocycles. The predicted octanol–water partition coefficient (Wildman–Crippen LogP) is 0.337. The second-order valence-corrected chi connectivity index (χ2v) is 7.59. The summed E-state index contributed by atoms with van der Waals surface area (Å²) in [5.74, 6) is -0.451. The molecule has 1 aliphatic rings. The summed E-state index contributed by atoms with van der Waals surface area (Å²) in [5, 5.41) is 2.72. The molecule has 1 aliphatic heterocycles. The number of amides is 2. The monoisotopic (exact) mass is 324 g/mol. The lowest BCUT2D eigenvalue weighted by atomic mass is 10.1. The Balaban J connectivity index is 2.17. The molecule has 1 heterocycles. The Hall–Kier alpha value is -1.89. The quantitative estimate of drug-likeness (QED) is 0.765. The van der Waals surface area contributed by atoms with Crippen molar-refractivity contribution in [2.75, 3.05) is 11.5 Å². The van der Waals surface area contributed by atoms with Crippen molar-refractivity contribution in [3.05, 3.63) is 35.9 Å². The number of hydrogen-bond donors (Lipinski definition) is 1. The van der Waals surface area contributed by atoms with Gasteiger partial charge in [-0.3, -0.25) is 9.59 Å². The maximum absolute atomic E-state index is 11.9. The summed E-state index contributed by atoms with van der Waals surface area (Å²) in [4.78, 5) is 24.5. The highest BCUT2D eigenvalue weighted by Crippen LogP contribution is 2.20. The van der Waals surface area contributed by atoms with Crippen molar-refractivity contribution in [1.82, 2.24) is 10.2 Å². The highest BCUT2D eigenvalue weighted by Gasteiger charge is 2.41. The first-order chi connectivity index (χ1) is 10.4. The van der Waals surface area contributed by atoms with Gasteiger partial charge in [-0.1, -0.05) is 37.3 Å². The average molecular weight is 324 g/mol. The highest BCUT2D eigenvalue weighted by molar-refractivity contribution is 7.91. The molecule has 0 aromatic heterocycles. The molecule has 120 valence electrons. The smallest absolute Gasteiger partial charge is 0.220 e. The third-order valence-corrected chi connectivity index (χ3v) is 5.48. The Morgan fingerprint density at radius 2 is 2.00 bits per heavy atom. The van der Waals surface area contributed by atoms with Crippen LogP contribution in [0.2, 0.25) is 0 Å². The minimum atomic E-state index is -3.26.